The monoisotopic (exact) mass is 367 g/mol. The summed E-state index contributed by atoms with van der Waals surface area (Å²) in [6, 6.07) is 24.7. The fraction of sp³-hybridized carbons (Fsp3) is 0.143. The Kier molecular flexibility index (Phi) is 5.23. The zero-order chi connectivity index (χ0) is 18.6. The molecular weight excluding hydrogens is 346 g/mol. The molecular formula is C21H21NO3S. The zero-order valence-corrected chi connectivity index (χ0v) is 15.3. The fourth-order valence-corrected chi connectivity index (χ4v) is 3.86. The van der Waals surface area contributed by atoms with Gasteiger partial charge in [0.05, 0.1) is 4.90 Å². The predicted molar refractivity (Wildman–Crippen MR) is 102 cm³/mol. The minimum atomic E-state index is -3.74. The van der Waals surface area contributed by atoms with Crippen molar-refractivity contribution in [3.63, 3.8) is 0 Å². The van der Waals surface area contributed by atoms with Crippen LogP contribution in [0.1, 0.15) is 16.7 Å². The lowest BCUT2D eigenvalue weighted by Gasteiger charge is -2.29. The van der Waals surface area contributed by atoms with Gasteiger partial charge in [-0.15, -0.1) is 0 Å². The summed E-state index contributed by atoms with van der Waals surface area (Å²) >= 11 is 0. The van der Waals surface area contributed by atoms with Gasteiger partial charge in [-0.05, 0) is 30.2 Å². The third-order valence-electron chi connectivity index (χ3n) is 4.35. The second-order valence-corrected chi connectivity index (χ2v) is 8.00. The molecule has 0 atom stereocenters. The van der Waals surface area contributed by atoms with E-state index in [1.807, 2.05) is 43.3 Å². The van der Waals surface area contributed by atoms with E-state index in [-0.39, 0.29) is 11.4 Å². The van der Waals surface area contributed by atoms with E-state index < -0.39 is 15.6 Å². The van der Waals surface area contributed by atoms with E-state index in [0.29, 0.717) is 11.1 Å². The number of hydrogen-bond acceptors (Lipinski definition) is 3. The van der Waals surface area contributed by atoms with Gasteiger partial charge in [0.1, 0.15) is 5.60 Å². The zero-order valence-electron chi connectivity index (χ0n) is 14.5. The maximum absolute atomic E-state index is 12.6. The highest BCUT2D eigenvalue weighted by atomic mass is 32.2. The largest absolute Gasteiger partial charge is 0.379 e. The maximum Gasteiger partial charge on any atom is 0.240 e. The van der Waals surface area contributed by atoms with Crippen molar-refractivity contribution in [3.05, 3.63) is 102 Å². The Balaban J connectivity index is 1.93. The van der Waals surface area contributed by atoms with E-state index in [2.05, 4.69) is 4.72 Å². The topological polar surface area (TPSA) is 66.4 Å². The summed E-state index contributed by atoms with van der Waals surface area (Å²) in [6.07, 6.45) is 0. The summed E-state index contributed by atoms with van der Waals surface area (Å²) in [5.74, 6) is 0. The van der Waals surface area contributed by atoms with E-state index in [9.17, 15) is 13.5 Å². The van der Waals surface area contributed by atoms with Gasteiger partial charge in [-0.3, -0.25) is 0 Å². The average molecular weight is 367 g/mol. The molecule has 0 heterocycles. The van der Waals surface area contributed by atoms with Crippen LogP contribution in [0.5, 0.6) is 0 Å². The lowest BCUT2D eigenvalue weighted by molar-refractivity contribution is 0.0860. The molecule has 5 heteroatoms. The predicted octanol–water partition coefficient (Wildman–Crippen LogP) is 3.21. The molecule has 0 radical (unpaired) electrons. The van der Waals surface area contributed by atoms with E-state index >= 15 is 0 Å². The molecule has 0 spiro atoms. The van der Waals surface area contributed by atoms with Gasteiger partial charge in [-0.25, -0.2) is 13.1 Å². The minimum Gasteiger partial charge on any atom is -0.379 e. The van der Waals surface area contributed by atoms with Crippen LogP contribution in [0, 0.1) is 6.92 Å². The molecule has 4 nitrogen and oxygen atoms in total. The van der Waals surface area contributed by atoms with Crippen LogP contribution >= 0.6 is 0 Å². The van der Waals surface area contributed by atoms with Gasteiger partial charge in [-0.2, -0.15) is 0 Å². The average Bonchev–Trinajstić information content (AvgIpc) is 2.68. The third kappa shape index (κ3) is 3.85. The molecule has 0 aliphatic heterocycles. The van der Waals surface area contributed by atoms with E-state index in [4.69, 9.17) is 0 Å². The van der Waals surface area contributed by atoms with Crippen LogP contribution in [0.4, 0.5) is 0 Å². The van der Waals surface area contributed by atoms with E-state index in [1.54, 1.807) is 48.5 Å². The Hall–Kier alpha value is -2.47. The number of hydrogen-bond donors (Lipinski definition) is 2. The van der Waals surface area contributed by atoms with Gasteiger partial charge in [0.15, 0.2) is 0 Å². The summed E-state index contributed by atoms with van der Waals surface area (Å²) in [4.78, 5) is 0.173. The first-order valence-corrected chi connectivity index (χ1v) is 9.80. The molecule has 0 saturated carbocycles. The Morgan fingerprint density at radius 3 is 1.73 bits per heavy atom. The highest BCUT2D eigenvalue weighted by Gasteiger charge is 2.33. The molecule has 0 aliphatic carbocycles. The lowest BCUT2D eigenvalue weighted by atomic mass is 9.86. The Morgan fingerprint density at radius 2 is 1.27 bits per heavy atom. The van der Waals surface area contributed by atoms with E-state index in [1.165, 1.54) is 0 Å². The number of aliphatic hydroxyl groups is 1. The first kappa shape index (κ1) is 18.3. The first-order valence-electron chi connectivity index (χ1n) is 8.32. The molecule has 0 fully saturated rings. The molecule has 134 valence electrons. The maximum atomic E-state index is 12.6. The molecule has 2 N–H and O–H groups in total. The van der Waals surface area contributed by atoms with Gasteiger partial charge in [0.25, 0.3) is 0 Å². The second-order valence-electron chi connectivity index (χ2n) is 6.23. The smallest absolute Gasteiger partial charge is 0.240 e. The van der Waals surface area contributed by atoms with Crippen molar-refractivity contribution in [1.82, 2.24) is 4.72 Å². The van der Waals surface area contributed by atoms with Gasteiger partial charge in [0, 0.05) is 6.54 Å². The van der Waals surface area contributed by atoms with Crippen molar-refractivity contribution < 1.29 is 13.5 Å². The standard InChI is InChI=1S/C21H21NO3S/c1-17-12-14-20(15-13-17)26(24,25)22-16-21(23,18-8-4-2-5-9-18)19-10-6-3-7-11-19/h2-15,22-23H,16H2,1H3. The van der Waals surface area contributed by atoms with Gasteiger partial charge < -0.3 is 5.11 Å². The van der Waals surface area contributed by atoms with Gasteiger partial charge >= 0.3 is 0 Å². The molecule has 0 saturated heterocycles. The highest BCUT2D eigenvalue weighted by molar-refractivity contribution is 7.89. The first-order chi connectivity index (χ1) is 12.4. The minimum absolute atomic E-state index is 0.169. The quantitative estimate of drug-likeness (QED) is 0.703. The van der Waals surface area contributed by atoms with E-state index in [0.717, 1.165) is 5.56 Å². The lowest BCUT2D eigenvalue weighted by Crippen LogP contribution is -2.41. The van der Waals surface area contributed by atoms with Crippen LogP contribution in [0.25, 0.3) is 0 Å². The van der Waals surface area contributed by atoms with Crippen molar-refractivity contribution in [2.45, 2.75) is 17.4 Å². The fourth-order valence-electron chi connectivity index (χ4n) is 2.80. The number of aryl methyl sites for hydroxylation is 1. The van der Waals surface area contributed by atoms with Gasteiger partial charge in [0.2, 0.25) is 10.0 Å². The molecule has 0 unspecified atom stereocenters. The van der Waals surface area contributed by atoms with Crippen LogP contribution in [-0.4, -0.2) is 20.1 Å². The summed E-state index contributed by atoms with van der Waals surface area (Å²) in [5, 5.41) is 11.4. The normalized spacial score (nSPS) is 12.1. The molecule has 0 bridgehead atoms. The van der Waals surface area contributed by atoms with Crippen molar-refractivity contribution in [2.75, 3.05) is 6.54 Å². The van der Waals surface area contributed by atoms with Gasteiger partial charge in [-0.1, -0.05) is 78.4 Å². The van der Waals surface area contributed by atoms with Crippen LogP contribution in [0.15, 0.2) is 89.8 Å². The van der Waals surface area contributed by atoms with Crippen molar-refractivity contribution in [1.29, 1.82) is 0 Å². The molecule has 3 rings (SSSR count). The van der Waals surface area contributed by atoms with Crippen molar-refractivity contribution in [3.8, 4) is 0 Å². The van der Waals surface area contributed by atoms with Crippen LogP contribution in [0.3, 0.4) is 0 Å². The van der Waals surface area contributed by atoms with Crippen LogP contribution in [-0.2, 0) is 15.6 Å². The summed E-state index contributed by atoms with van der Waals surface area (Å²) in [7, 11) is -3.74. The van der Waals surface area contributed by atoms with Crippen LogP contribution in [0.2, 0.25) is 0 Å². The van der Waals surface area contributed by atoms with Crippen LogP contribution < -0.4 is 4.72 Å². The third-order valence-corrected chi connectivity index (χ3v) is 5.77. The highest BCUT2D eigenvalue weighted by Crippen LogP contribution is 2.29. The number of nitrogens with one attached hydrogen (secondary N) is 1. The summed E-state index contributed by atoms with van der Waals surface area (Å²) in [6.45, 7) is 1.73. The Bertz CT molecular complexity index is 914. The Morgan fingerprint density at radius 1 is 0.808 bits per heavy atom. The SMILES string of the molecule is Cc1ccc(S(=O)(=O)NCC(O)(c2ccccc2)c2ccccc2)cc1. The number of rotatable bonds is 6. The molecule has 0 aromatic heterocycles. The number of sulfonamides is 1. The molecule has 3 aromatic rings. The summed E-state index contributed by atoms with van der Waals surface area (Å²) in [5.41, 5.74) is 0.755. The molecule has 0 aliphatic rings. The molecule has 0 amide bonds. The molecule has 26 heavy (non-hydrogen) atoms. The number of benzene rings is 3. The summed E-state index contributed by atoms with van der Waals surface area (Å²) < 4.78 is 27.8. The molecule has 3 aromatic carbocycles. The van der Waals surface area contributed by atoms with Crippen molar-refractivity contribution in [2.24, 2.45) is 0 Å². The Labute approximate surface area is 154 Å². The van der Waals surface area contributed by atoms with Crippen molar-refractivity contribution >= 4 is 10.0 Å². The second kappa shape index (κ2) is 7.41.